The van der Waals surface area contributed by atoms with Gasteiger partial charge in [-0.3, -0.25) is 4.79 Å². The minimum absolute atomic E-state index is 0.0674. The van der Waals surface area contributed by atoms with E-state index in [9.17, 15) is 9.59 Å². The van der Waals surface area contributed by atoms with Crippen molar-refractivity contribution in [3.63, 3.8) is 0 Å². The monoisotopic (exact) mass is 182 g/mol. The zero-order chi connectivity index (χ0) is 9.84. The first-order chi connectivity index (χ1) is 6.16. The Morgan fingerprint density at radius 3 is 2.69 bits per heavy atom. The minimum atomic E-state index is -0.454. The quantitative estimate of drug-likeness (QED) is 0.481. The van der Waals surface area contributed by atoms with E-state index in [1.165, 1.54) is 0 Å². The van der Waals surface area contributed by atoms with Gasteiger partial charge in [0, 0.05) is 6.42 Å². The number of ketones is 1. The summed E-state index contributed by atoms with van der Waals surface area (Å²) in [7, 11) is 0. The topological polar surface area (TPSA) is 43.4 Å². The van der Waals surface area contributed by atoms with E-state index in [1.54, 1.807) is 6.92 Å². The molecule has 13 heavy (non-hydrogen) atoms. The molecule has 0 saturated carbocycles. The predicted octanol–water partition coefficient (Wildman–Crippen LogP) is 1.62. The first-order valence-corrected chi connectivity index (χ1v) is 4.57. The average Bonchev–Trinajstić information content (AvgIpc) is 2.04. The largest absolute Gasteiger partial charge is 0.462 e. The molecule has 0 unspecified atom stereocenters. The smallest absolute Gasteiger partial charge is 0.341 e. The summed E-state index contributed by atoms with van der Waals surface area (Å²) in [4.78, 5) is 22.7. The van der Waals surface area contributed by atoms with Crippen LogP contribution in [0.4, 0.5) is 0 Å². The number of Topliss-reactive ketones (excluding diaryl/α,β-unsaturated/α-hetero) is 1. The normalized spacial score (nSPS) is 17.5. The molecule has 0 spiro atoms. The number of carbonyl (C=O) groups is 2. The maximum Gasteiger partial charge on any atom is 0.341 e. The summed E-state index contributed by atoms with van der Waals surface area (Å²) in [6.07, 6.45) is 2.17. The number of carbonyl (C=O) groups excluding carboxylic acids is 2. The zero-order valence-corrected chi connectivity index (χ0v) is 8.05. The highest BCUT2D eigenvalue weighted by atomic mass is 16.5. The van der Waals surface area contributed by atoms with Gasteiger partial charge in [0.05, 0.1) is 6.61 Å². The second-order valence-electron chi connectivity index (χ2n) is 3.15. The third kappa shape index (κ3) is 2.17. The number of ether oxygens (including phenoxy) is 1. The van der Waals surface area contributed by atoms with Crippen LogP contribution < -0.4 is 0 Å². The van der Waals surface area contributed by atoms with Gasteiger partial charge < -0.3 is 4.74 Å². The molecule has 0 aliphatic heterocycles. The Bertz CT molecular complexity index is 263. The Kier molecular flexibility index (Phi) is 3.23. The third-order valence-electron chi connectivity index (χ3n) is 2.14. The van der Waals surface area contributed by atoms with Gasteiger partial charge in [-0.2, -0.15) is 0 Å². The van der Waals surface area contributed by atoms with Gasteiger partial charge in [0.15, 0.2) is 5.78 Å². The lowest BCUT2D eigenvalue weighted by molar-refractivity contribution is -0.140. The van der Waals surface area contributed by atoms with Crippen LogP contribution in [0.1, 0.15) is 33.1 Å². The Balaban J connectivity index is 2.85. The summed E-state index contributed by atoms with van der Waals surface area (Å²) < 4.78 is 4.80. The second kappa shape index (κ2) is 4.21. The van der Waals surface area contributed by atoms with Gasteiger partial charge in [-0.15, -0.1) is 0 Å². The van der Waals surface area contributed by atoms with Crippen molar-refractivity contribution in [2.45, 2.75) is 33.1 Å². The molecule has 0 bridgehead atoms. The van der Waals surface area contributed by atoms with Gasteiger partial charge in [-0.25, -0.2) is 4.79 Å². The third-order valence-corrected chi connectivity index (χ3v) is 2.14. The highest BCUT2D eigenvalue weighted by Crippen LogP contribution is 2.22. The van der Waals surface area contributed by atoms with Crippen molar-refractivity contribution in [1.82, 2.24) is 0 Å². The van der Waals surface area contributed by atoms with Crippen LogP contribution in [0.5, 0.6) is 0 Å². The lowest BCUT2D eigenvalue weighted by Crippen LogP contribution is -2.20. The SMILES string of the molecule is CCOC(=O)C1=C(C)CCCC1=O. The molecule has 72 valence electrons. The molecule has 0 saturated heterocycles. The fourth-order valence-electron chi connectivity index (χ4n) is 1.49. The summed E-state index contributed by atoms with van der Waals surface area (Å²) in [6.45, 7) is 3.88. The van der Waals surface area contributed by atoms with Crippen LogP contribution in [0.25, 0.3) is 0 Å². The summed E-state index contributed by atoms with van der Waals surface area (Å²) in [5.74, 6) is -0.521. The lowest BCUT2D eigenvalue weighted by atomic mass is 9.92. The van der Waals surface area contributed by atoms with Crippen LogP contribution >= 0.6 is 0 Å². The van der Waals surface area contributed by atoms with Gasteiger partial charge >= 0.3 is 5.97 Å². The van der Waals surface area contributed by atoms with Crippen molar-refractivity contribution < 1.29 is 14.3 Å². The van der Waals surface area contributed by atoms with Crippen LogP contribution in [-0.2, 0) is 14.3 Å². The second-order valence-corrected chi connectivity index (χ2v) is 3.15. The number of esters is 1. The lowest BCUT2D eigenvalue weighted by Gasteiger charge is -2.14. The van der Waals surface area contributed by atoms with Gasteiger partial charge in [0.1, 0.15) is 5.57 Å². The molecule has 1 aliphatic rings. The molecule has 0 radical (unpaired) electrons. The Labute approximate surface area is 77.8 Å². The van der Waals surface area contributed by atoms with Crippen LogP contribution in [-0.4, -0.2) is 18.4 Å². The van der Waals surface area contributed by atoms with Crippen LogP contribution in [0.2, 0.25) is 0 Å². The molecule has 0 aromatic heterocycles. The van der Waals surface area contributed by atoms with Crippen molar-refractivity contribution in [2.75, 3.05) is 6.61 Å². The van der Waals surface area contributed by atoms with E-state index in [4.69, 9.17) is 4.74 Å². The van der Waals surface area contributed by atoms with Crippen molar-refractivity contribution >= 4 is 11.8 Å². The van der Waals surface area contributed by atoms with E-state index < -0.39 is 5.97 Å². The van der Waals surface area contributed by atoms with E-state index in [0.717, 1.165) is 18.4 Å². The maximum atomic E-state index is 11.4. The average molecular weight is 182 g/mol. The summed E-state index contributed by atoms with van der Waals surface area (Å²) in [5.41, 5.74) is 1.16. The molecule has 1 aliphatic carbocycles. The fourth-order valence-corrected chi connectivity index (χ4v) is 1.49. The van der Waals surface area contributed by atoms with Gasteiger partial charge in [0.2, 0.25) is 0 Å². The van der Waals surface area contributed by atoms with Crippen molar-refractivity contribution in [3.8, 4) is 0 Å². The molecular formula is C10H14O3. The van der Waals surface area contributed by atoms with Crippen LogP contribution in [0.15, 0.2) is 11.1 Å². The molecule has 0 N–H and O–H groups in total. The van der Waals surface area contributed by atoms with Gasteiger partial charge in [0.25, 0.3) is 0 Å². The van der Waals surface area contributed by atoms with E-state index in [1.807, 2.05) is 6.92 Å². The summed E-state index contributed by atoms with van der Waals surface area (Å²) in [6, 6.07) is 0. The number of allylic oxidation sites excluding steroid dienone is 1. The molecule has 3 heteroatoms. The fraction of sp³-hybridized carbons (Fsp3) is 0.600. The van der Waals surface area contributed by atoms with E-state index in [0.29, 0.717) is 13.0 Å². The predicted molar refractivity (Wildman–Crippen MR) is 48.2 cm³/mol. The van der Waals surface area contributed by atoms with Gasteiger partial charge in [-0.05, 0) is 26.7 Å². The van der Waals surface area contributed by atoms with Crippen molar-refractivity contribution in [2.24, 2.45) is 0 Å². The number of hydrogen-bond donors (Lipinski definition) is 0. The van der Waals surface area contributed by atoms with E-state index >= 15 is 0 Å². The highest BCUT2D eigenvalue weighted by molar-refractivity contribution is 6.18. The Hall–Kier alpha value is -1.12. The Morgan fingerprint density at radius 1 is 1.46 bits per heavy atom. The number of rotatable bonds is 2. The van der Waals surface area contributed by atoms with Crippen molar-refractivity contribution in [1.29, 1.82) is 0 Å². The van der Waals surface area contributed by atoms with E-state index in [-0.39, 0.29) is 11.4 Å². The summed E-state index contributed by atoms with van der Waals surface area (Å²) >= 11 is 0. The molecular weight excluding hydrogens is 168 g/mol. The highest BCUT2D eigenvalue weighted by Gasteiger charge is 2.24. The summed E-state index contributed by atoms with van der Waals surface area (Å²) in [5, 5.41) is 0. The molecule has 0 amide bonds. The molecule has 0 fully saturated rings. The minimum Gasteiger partial charge on any atom is -0.462 e. The van der Waals surface area contributed by atoms with E-state index in [2.05, 4.69) is 0 Å². The Morgan fingerprint density at radius 2 is 2.15 bits per heavy atom. The standard InChI is InChI=1S/C10H14O3/c1-3-13-10(12)9-7(2)5-4-6-8(9)11/h3-6H2,1-2H3. The van der Waals surface area contributed by atoms with Crippen LogP contribution in [0, 0.1) is 0 Å². The molecule has 0 heterocycles. The first kappa shape index (κ1) is 9.96. The molecule has 3 nitrogen and oxygen atoms in total. The first-order valence-electron chi connectivity index (χ1n) is 4.57. The van der Waals surface area contributed by atoms with Crippen LogP contribution in [0.3, 0.4) is 0 Å². The molecule has 1 rings (SSSR count). The molecule has 0 aromatic carbocycles. The maximum absolute atomic E-state index is 11.4. The molecule has 0 aromatic rings. The number of hydrogen-bond acceptors (Lipinski definition) is 3. The molecule has 0 atom stereocenters. The zero-order valence-electron chi connectivity index (χ0n) is 8.05. The van der Waals surface area contributed by atoms with Crippen molar-refractivity contribution in [3.05, 3.63) is 11.1 Å². The van der Waals surface area contributed by atoms with Gasteiger partial charge in [-0.1, -0.05) is 5.57 Å².